The number of ether oxygens (including phenoxy) is 2. The lowest BCUT2D eigenvalue weighted by Gasteiger charge is -2.11. The molecule has 1 amide bonds. The largest absolute Gasteiger partial charge is 0.494 e. The van der Waals surface area contributed by atoms with Crippen LogP contribution >= 0.6 is 11.3 Å². The molecular weight excluding hydrogens is 490 g/mol. The number of hydrogen-bond acceptors (Lipinski definition) is 7. The number of esters is 1. The van der Waals surface area contributed by atoms with Crippen LogP contribution in [0.15, 0.2) is 52.6 Å². The standard InChI is InChI=1S/C28H29N3O5S/c1-5-7-14-36-21-12-9-19(10-13-21)25(32)29-26-23-22(16-37-26)24(28(34)35-6-2)30-31(27(23)33)20-11-8-17(3)18(4)15-20/h8-13,15-16H,5-7,14H2,1-4H3,(H,29,32). The van der Waals surface area contributed by atoms with Crippen molar-refractivity contribution in [3.05, 3.63) is 80.6 Å². The molecule has 4 rings (SSSR count). The molecule has 0 saturated carbocycles. The number of carbonyl (C=O) groups excluding carboxylic acids is 2. The van der Waals surface area contributed by atoms with Crippen LogP contribution in [0.4, 0.5) is 5.00 Å². The summed E-state index contributed by atoms with van der Waals surface area (Å²) in [6, 6.07) is 12.3. The van der Waals surface area contributed by atoms with Gasteiger partial charge >= 0.3 is 5.97 Å². The lowest BCUT2D eigenvalue weighted by molar-refractivity contribution is 0.0520. The second-order valence-corrected chi connectivity index (χ2v) is 9.47. The van der Waals surface area contributed by atoms with Crippen LogP contribution in [0, 0.1) is 13.8 Å². The number of unbranched alkanes of at least 4 members (excludes halogenated alkanes) is 1. The molecule has 0 unspecified atom stereocenters. The summed E-state index contributed by atoms with van der Waals surface area (Å²) in [5.74, 6) is -0.331. The number of benzene rings is 2. The Labute approximate surface area is 218 Å². The Morgan fingerprint density at radius 1 is 1.05 bits per heavy atom. The molecule has 192 valence electrons. The van der Waals surface area contributed by atoms with Crippen molar-refractivity contribution in [1.82, 2.24) is 9.78 Å². The minimum atomic E-state index is -0.639. The van der Waals surface area contributed by atoms with Crippen molar-refractivity contribution in [2.24, 2.45) is 0 Å². The van der Waals surface area contributed by atoms with Crippen molar-refractivity contribution in [3.8, 4) is 11.4 Å². The van der Waals surface area contributed by atoms with Crippen LogP contribution in [-0.2, 0) is 4.74 Å². The van der Waals surface area contributed by atoms with E-state index in [0.717, 1.165) is 35.3 Å². The maximum absolute atomic E-state index is 13.6. The van der Waals surface area contributed by atoms with Crippen LogP contribution < -0.4 is 15.6 Å². The molecule has 0 saturated heterocycles. The smallest absolute Gasteiger partial charge is 0.359 e. The van der Waals surface area contributed by atoms with Gasteiger partial charge in [-0.2, -0.15) is 9.78 Å². The van der Waals surface area contributed by atoms with Gasteiger partial charge in [0.25, 0.3) is 11.5 Å². The van der Waals surface area contributed by atoms with Crippen LogP contribution in [0.3, 0.4) is 0 Å². The zero-order valence-electron chi connectivity index (χ0n) is 21.3. The van der Waals surface area contributed by atoms with Gasteiger partial charge < -0.3 is 14.8 Å². The van der Waals surface area contributed by atoms with E-state index < -0.39 is 11.5 Å². The van der Waals surface area contributed by atoms with Gasteiger partial charge in [0.15, 0.2) is 5.69 Å². The molecule has 0 aliphatic carbocycles. The number of nitrogens with zero attached hydrogens (tertiary/aromatic N) is 2. The minimum absolute atomic E-state index is 0.0139. The van der Waals surface area contributed by atoms with Crippen molar-refractivity contribution in [3.63, 3.8) is 0 Å². The number of amides is 1. The zero-order chi connectivity index (χ0) is 26.5. The fraction of sp³-hybridized carbons (Fsp3) is 0.286. The monoisotopic (exact) mass is 519 g/mol. The zero-order valence-corrected chi connectivity index (χ0v) is 22.1. The fourth-order valence-electron chi connectivity index (χ4n) is 3.74. The third-order valence-corrected chi connectivity index (χ3v) is 6.86. The van der Waals surface area contributed by atoms with E-state index in [1.54, 1.807) is 42.6 Å². The number of anilines is 1. The van der Waals surface area contributed by atoms with E-state index in [1.807, 2.05) is 26.0 Å². The Hall–Kier alpha value is -3.98. The van der Waals surface area contributed by atoms with Crippen molar-refractivity contribution < 1.29 is 19.1 Å². The summed E-state index contributed by atoms with van der Waals surface area (Å²) in [5.41, 5.74) is 2.54. The molecule has 8 nitrogen and oxygen atoms in total. The number of nitrogens with one attached hydrogen (secondary N) is 1. The van der Waals surface area contributed by atoms with Crippen LogP contribution in [0.1, 0.15) is 58.7 Å². The number of hydrogen-bond donors (Lipinski definition) is 1. The van der Waals surface area contributed by atoms with Gasteiger partial charge in [0.1, 0.15) is 10.8 Å². The lowest BCUT2D eigenvalue weighted by Crippen LogP contribution is -2.25. The van der Waals surface area contributed by atoms with Gasteiger partial charge in [0, 0.05) is 16.3 Å². The van der Waals surface area contributed by atoms with Gasteiger partial charge in [-0.05, 0) is 74.7 Å². The summed E-state index contributed by atoms with van der Waals surface area (Å²) < 4.78 is 12.1. The Morgan fingerprint density at radius 3 is 2.49 bits per heavy atom. The predicted molar refractivity (Wildman–Crippen MR) is 145 cm³/mol. The van der Waals surface area contributed by atoms with Gasteiger partial charge in [-0.15, -0.1) is 11.3 Å². The molecule has 2 aromatic heterocycles. The van der Waals surface area contributed by atoms with Crippen LogP contribution in [0.25, 0.3) is 16.5 Å². The van der Waals surface area contributed by atoms with E-state index in [4.69, 9.17) is 9.47 Å². The molecule has 0 aliphatic heterocycles. The van der Waals surface area contributed by atoms with Crippen LogP contribution in [-0.4, -0.2) is 34.9 Å². The second kappa shape index (κ2) is 11.4. The first-order valence-electron chi connectivity index (χ1n) is 12.2. The lowest BCUT2D eigenvalue weighted by atomic mass is 10.1. The first-order valence-corrected chi connectivity index (χ1v) is 13.1. The van der Waals surface area contributed by atoms with E-state index in [2.05, 4.69) is 17.3 Å². The molecule has 0 radical (unpaired) electrons. The molecule has 0 bridgehead atoms. The predicted octanol–water partition coefficient (Wildman–Crippen LogP) is 5.67. The Kier molecular flexibility index (Phi) is 8.03. The summed E-state index contributed by atoms with van der Waals surface area (Å²) >= 11 is 1.16. The first-order chi connectivity index (χ1) is 17.8. The molecule has 0 aliphatic rings. The molecule has 2 heterocycles. The number of carbonyl (C=O) groups is 2. The van der Waals surface area contributed by atoms with E-state index in [9.17, 15) is 14.4 Å². The molecule has 4 aromatic rings. The quantitative estimate of drug-likeness (QED) is 0.226. The summed E-state index contributed by atoms with van der Waals surface area (Å²) in [6.07, 6.45) is 1.99. The normalized spacial score (nSPS) is 10.9. The average Bonchev–Trinajstić information content (AvgIpc) is 3.30. The highest BCUT2D eigenvalue weighted by Gasteiger charge is 2.23. The molecule has 2 aromatic carbocycles. The van der Waals surface area contributed by atoms with Crippen molar-refractivity contribution in [2.75, 3.05) is 18.5 Å². The second-order valence-electron chi connectivity index (χ2n) is 8.59. The maximum Gasteiger partial charge on any atom is 0.359 e. The summed E-state index contributed by atoms with van der Waals surface area (Å²) in [5, 5.41) is 9.71. The highest BCUT2D eigenvalue weighted by molar-refractivity contribution is 7.16. The van der Waals surface area contributed by atoms with Gasteiger partial charge in [-0.3, -0.25) is 9.59 Å². The molecule has 0 atom stereocenters. The summed E-state index contributed by atoms with van der Waals surface area (Å²) in [6.45, 7) is 8.48. The molecular formula is C28H29N3O5S. The van der Waals surface area contributed by atoms with E-state index in [0.29, 0.717) is 34.0 Å². The Morgan fingerprint density at radius 2 is 1.81 bits per heavy atom. The number of aryl methyl sites for hydroxylation is 2. The summed E-state index contributed by atoms with van der Waals surface area (Å²) in [7, 11) is 0. The molecule has 0 fully saturated rings. The van der Waals surface area contributed by atoms with E-state index in [-0.39, 0.29) is 23.6 Å². The van der Waals surface area contributed by atoms with Gasteiger partial charge in [0.05, 0.1) is 24.3 Å². The Balaban J connectivity index is 1.74. The topological polar surface area (TPSA) is 99.5 Å². The third-order valence-electron chi connectivity index (χ3n) is 5.97. The van der Waals surface area contributed by atoms with Gasteiger partial charge in [0.2, 0.25) is 0 Å². The van der Waals surface area contributed by atoms with E-state index in [1.165, 1.54) is 4.68 Å². The van der Waals surface area contributed by atoms with Crippen molar-refractivity contribution >= 4 is 39.0 Å². The maximum atomic E-state index is 13.6. The van der Waals surface area contributed by atoms with Crippen LogP contribution in [0.5, 0.6) is 5.75 Å². The van der Waals surface area contributed by atoms with Crippen LogP contribution in [0.2, 0.25) is 0 Å². The average molecular weight is 520 g/mol. The van der Waals surface area contributed by atoms with Gasteiger partial charge in [-0.25, -0.2) is 4.79 Å². The minimum Gasteiger partial charge on any atom is -0.494 e. The Bertz CT molecular complexity index is 1510. The SMILES string of the molecule is CCCCOc1ccc(C(=O)Nc2scc3c(C(=O)OCC)nn(-c4ccc(C)c(C)c4)c(=O)c23)cc1. The first kappa shape index (κ1) is 26.1. The van der Waals surface area contributed by atoms with Crippen molar-refractivity contribution in [2.45, 2.75) is 40.5 Å². The third kappa shape index (κ3) is 5.56. The molecule has 0 spiro atoms. The van der Waals surface area contributed by atoms with Crippen molar-refractivity contribution in [1.29, 1.82) is 0 Å². The molecule has 9 heteroatoms. The number of thiophene rings is 1. The molecule has 1 N–H and O–H groups in total. The number of rotatable bonds is 9. The van der Waals surface area contributed by atoms with E-state index >= 15 is 0 Å². The molecule has 37 heavy (non-hydrogen) atoms. The highest BCUT2D eigenvalue weighted by atomic mass is 32.1. The van der Waals surface area contributed by atoms with Gasteiger partial charge in [-0.1, -0.05) is 19.4 Å². The number of aromatic nitrogens is 2. The fourth-order valence-corrected chi connectivity index (χ4v) is 4.67. The number of fused-ring (bicyclic) bond motifs is 1. The highest BCUT2D eigenvalue weighted by Crippen LogP contribution is 2.31. The summed E-state index contributed by atoms with van der Waals surface area (Å²) in [4.78, 5) is 39.4.